The monoisotopic (exact) mass is 247 g/mol. The maximum atomic E-state index is 5.61. The van der Waals surface area contributed by atoms with Crippen LogP contribution in [-0.4, -0.2) is 52.7 Å². The minimum Gasteiger partial charge on any atom is -0.382 e. The average molecular weight is 247 g/mol. The van der Waals surface area contributed by atoms with Crippen LogP contribution in [0.25, 0.3) is 0 Å². The molecule has 0 aromatic rings. The summed E-state index contributed by atoms with van der Waals surface area (Å²) in [7, 11) is 1.67. The van der Waals surface area contributed by atoms with Crippen molar-refractivity contribution < 1.29 is 14.2 Å². The van der Waals surface area contributed by atoms with Crippen LogP contribution in [-0.2, 0) is 14.2 Å². The van der Waals surface area contributed by atoms with Gasteiger partial charge in [-0.3, -0.25) is 0 Å². The van der Waals surface area contributed by atoms with E-state index < -0.39 is 0 Å². The molecule has 0 bridgehead atoms. The van der Waals surface area contributed by atoms with Crippen LogP contribution in [0.4, 0.5) is 0 Å². The van der Waals surface area contributed by atoms with Crippen molar-refractivity contribution in [3.63, 3.8) is 0 Å². The Bertz CT molecular complexity index is 154. The van der Waals surface area contributed by atoms with Crippen LogP contribution in [0.3, 0.4) is 0 Å². The summed E-state index contributed by atoms with van der Waals surface area (Å²) in [6.07, 6.45) is 1.16. The molecule has 0 fully saturated rings. The summed E-state index contributed by atoms with van der Waals surface area (Å²) in [5.41, 5.74) is 0. The van der Waals surface area contributed by atoms with Crippen molar-refractivity contribution in [3.05, 3.63) is 0 Å². The normalized spacial score (nSPS) is 13.2. The second-order valence-corrected chi connectivity index (χ2v) is 4.48. The Labute approximate surface area is 106 Å². The average Bonchev–Trinajstić information content (AvgIpc) is 2.31. The molecule has 0 spiro atoms. The van der Waals surface area contributed by atoms with E-state index in [-0.39, 0.29) is 0 Å². The van der Waals surface area contributed by atoms with E-state index in [0.717, 1.165) is 19.6 Å². The van der Waals surface area contributed by atoms with Crippen molar-refractivity contribution >= 4 is 0 Å². The molecule has 0 aliphatic rings. The van der Waals surface area contributed by atoms with Crippen LogP contribution in [0.1, 0.15) is 27.2 Å². The van der Waals surface area contributed by atoms with Gasteiger partial charge in [-0.2, -0.15) is 0 Å². The molecule has 0 rings (SSSR count). The molecule has 4 heteroatoms. The van der Waals surface area contributed by atoms with Gasteiger partial charge in [-0.15, -0.1) is 0 Å². The fourth-order valence-electron chi connectivity index (χ4n) is 1.39. The van der Waals surface area contributed by atoms with Gasteiger partial charge in [-0.05, 0) is 18.9 Å². The SMILES string of the molecule is CCCNC(COCCOCCOC)C(C)C. The summed E-state index contributed by atoms with van der Waals surface area (Å²) in [6, 6.07) is 0.439. The molecule has 17 heavy (non-hydrogen) atoms. The van der Waals surface area contributed by atoms with E-state index in [9.17, 15) is 0 Å². The zero-order valence-corrected chi connectivity index (χ0v) is 11.8. The standard InChI is InChI=1S/C13H29NO3/c1-5-6-14-13(12(2)3)11-17-10-9-16-8-7-15-4/h12-14H,5-11H2,1-4H3. The summed E-state index contributed by atoms with van der Waals surface area (Å²) in [5, 5.41) is 3.49. The molecular weight excluding hydrogens is 218 g/mol. The highest BCUT2D eigenvalue weighted by atomic mass is 16.5. The fourth-order valence-corrected chi connectivity index (χ4v) is 1.39. The quantitative estimate of drug-likeness (QED) is 0.533. The molecule has 1 N–H and O–H groups in total. The Morgan fingerprint density at radius 2 is 1.65 bits per heavy atom. The Balaban J connectivity index is 3.41. The Morgan fingerprint density at radius 3 is 2.24 bits per heavy atom. The Hall–Kier alpha value is -0.160. The van der Waals surface area contributed by atoms with E-state index in [1.165, 1.54) is 0 Å². The van der Waals surface area contributed by atoms with E-state index in [1.807, 2.05) is 0 Å². The van der Waals surface area contributed by atoms with Crippen molar-refractivity contribution in [2.45, 2.75) is 33.2 Å². The van der Waals surface area contributed by atoms with E-state index in [2.05, 4.69) is 26.1 Å². The van der Waals surface area contributed by atoms with Gasteiger partial charge in [0, 0.05) is 13.2 Å². The highest BCUT2D eigenvalue weighted by Gasteiger charge is 2.11. The predicted octanol–water partition coefficient (Wildman–Crippen LogP) is 1.69. The zero-order chi connectivity index (χ0) is 12.9. The minimum absolute atomic E-state index is 0.439. The highest BCUT2D eigenvalue weighted by molar-refractivity contribution is 4.69. The fraction of sp³-hybridized carbons (Fsp3) is 1.00. The largest absolute Gasteiger partial charge is 0.382 e. The van der Waals surface area contributed by atoms with Gasteiger partial charge >= 0.3 is 0 Å². The van der Waals surface area contributed by atoms with Crippen LogP contribution >= 0.6 is 0 Å². The summed E-state index contributed by atoms with van der Waals surface area (Å²) in [5.74, 6) is 0.593. The van der Waals surface area contributed by atoms with Gasteiger partial charge in [-0.1, -0.05) is 20.8 Å². The van der Waals surface area contributed by atoms with E-state index in [0.29, 0.717) is 38.4 Å². The van der Waals surface area contributed by atoms with Crippen molar-refractivity contribution in [2.75, 3.05) is 46.7 Å². The molecule has 1 unspecified atom stereocenters. The summed E-state index contributed by atoms with van der Waals surface area (Å²) in [4.78, 5) is 0. The topological polar surface area (TPSA) is 39.7 Å². The molecule has 0 aromatic heterocycles. The first-order valence-corrected chi connectivity index (χ1v) is 6.60. The lowest BCUT2D eigenvalue weighted by Gasteiger charge is -2.22. The van der Waals surface area contributed by atoms with Crippen LogP contribution in [0.2, 0.25) is 0 Å². The Kier molecular flexibility index (Phi) is 12.2. The molecule has 0 aromatic carbocycles. The van der Waals surface area contributed by atoms with Crippen LogP contribution in [0.5, 0.6) is 0 Å². The highest BCUT2D eigenvalue weighted by Crippen LogP contribution is 2.02. The zero-order valence-electron chi connectivity index (χ0n) is 11.8. The van der Waals surface area contributed by atoms with Gasteiger partial charge in [0.2, 0.25) is 0 Å². The lowest BCUT2D eigenvalue weighted by Crippen LogP contribution is -2.38. The lowest BCUT2D eigenvalue weighted by molar-refractivity contribution is 0.0162. The first-order chi connectivity index (χ1) is 8.22. The van der Waals surface area contributed by atoms with Crippen molar-refractivity contribution in [2.24, 2.45) is 5.92 Å². The van der Waals surface area contributed by atoms with Crippen molar-refractivity contribution in [3.8, 4) is 0 Å². The van der Waals surface area contributed by atoms with Gasteiger partial charge < -0.3 is 19.5 Å². The number of methoxy groups -OCH3 is 1. The number of nitrogens with one attached hydrogen (secondary N) is 1. The molecule has 0 heterocycles. The predicted molar refractivity (Wildman–Crippen MR) is 70.4 cm³/mol. The molecular formula is C13H29NO3. The van der Waals surface area contributed by atoms with Crippen LogP contribution in [0, 0.1) is 5.92 Å². The molecule has 0 aliphatic heterocycles. The van der Waals surface area contributed by atoms with Crippen LogP contribution in [0.15, 0.2) is 0 Å². The number of hydrogen-bond donors (Lipinski definition) is 1. The van der Waals surface area contributed by atoms with E-state index in [4.69, 9.17) is 14.2 Å². The molecule has 0 amide bonds. The first-order valence-electron chi connectivity index (χ1n) is 6.60. The van der Waals surface area contributed by atoms with E-state index >= 15 is 0 Å². The van der Waals surface area contributed by atoms with Gasteiger partial charge in [0.25, 0.3) is 0 Å². The van der Waals surface area contributed by atoms with Crippen LogP contribution < -0.4 is 5.32 Å². The summed E-state index contributed by atoms with van der Waals surface area (Å²) >= 11 is 0. The summed E-state index contributed by atoms with van der Waals surface area (Å²) < 4.78 is 15.8. The van der Waals surface area contributed by atoms with Gasteiger partial charge in [0.05, 0.1) is 33.0 Å². The maximum Gasteiger partial charge on any atom is 0.0701 e. The third-order valence-corrected chi connectivity index (χ3v) is 2.56. The minimum atomic E-state index is 0.439. The van der Waals surface area contributed by atoms with E-state index in [1.54, 1.807) is 7.11 Å². The molecule has 0 radical (unpaired) electrons. The Morgan fingerprint density at radius 1 is 1.00 bits per heavy atom. The van der Waals surface area contributed by atoms with Gasteiger partial charge in [0.1, 0.15) is 0 Å². The molecule has 0 saturated heterocycles. The summed E-state index contributed by atoms with van der Waals surface area (Å²) in [6.45, 7) is 11.0. The van der Waals surface area contributed by atoms with Crippen molar-refractivity contribution in [1.82, 2.24) is 5.32 Å². The second kappa shape index (κ2) is 12.3. The van der Waals surface area contributed by atoms with Gasteiger partial charge in [-0.25, -0.2) is 0 Å². The number of hydrogen-bond acceptors (Lipinski definition) is 4. The number of ether oxygens (including phenoxy) is 3. The maximum absolute atomic E-state index is 5.61. The second-order valence-electron chi connectivity index (χ2n) is 4.48. The molecule has 104 valence electrons. The molecule has 0 saturated carbocycles. The number of rotatable bonds is 12. The third-order valence-electron chi connectivity index (χ3n) is 2.56. The third kappa shape index (κ3) is 10.7. The van der Waals surface area contributed by atoms with Gasteiger partial charge in [0.15, 0.2) is 0 Å². The first kappa shape index (κ1) is 16.8. The molecule has 0 aliphatic carbocycles. The molecule has 1 atom stereocenters. The van der Waals surface area contributed by atoms with Crippen molar-refractivity contribution in [1.29, 1.82) is 0 Å². The smallest absolute Gasteiger partial charge is 0.0701 e. The molecule has 4 nitrogen and oxygen atoms in total. The lowest BCUT2D eigenvalue weighted by atomic mass is 10.1.